The number of nitrogens with zero attached hydrogens (tertiary/aromatic N) is 3. The van der Waals surface area contributed by atoms with E-state index in [2.05, 4.69) is 9.97 Å². The van der Waals surface area contributed by atoms with E-state index in [0.717, 1.165) is 5.69 Å². The Hall–Kier alpha value is -1.94. The molecule has 2 aromatic heterocycles. The van der Waals surface area contributed by atoms with Crippen molar-refractivity contribution < 1.29 is 4.79 Å². The number of amides is 1. The summed E-state index contributed by atoms with van der Waals surface area (Å²) in [5.74, 6) is -0.145. The summed E-state index contributed by atoms with van der Waals surface area (Å²) in [6, 6.07) is 8.93. The number of hydrogen-bond donors (Lipinski definition) is 0. The van der Waals surface area contributed by atoms with Crippen molar-refractivity contribution >= 4 is 17.5 Å². The Bertz CT molecular complexity index is 587. The van der Waals surface area contributed by atoms with E-state index in [1.165, 1.54) is 6.20 Å². The maximum absolute atomic E-state index is 12.5. The number of pyridine rings is 2. The number of halogens is 1. The van der Waals surface area contributed by atoms with Crippen LogP contribution in [0.4, 0.5) is 0 Å². The molecule has 104 valence electrons. The first kappa shape index (κ1) is 14.5. The molecular weight excluding hydrogens is 274 g/mol. The van der Waals surface area contributed by atoms with Crippen LogP contribution in [0.5, 0.6) is 0 Å². The van der Waals surface area contributed by atoms with Crippen LogP contribution in [0.3, 0.4) is 0 Å². The topological polar surface area (TPSA) is 46.1 Å². The van der Waals surface area contributed by atoms with Gasteiger partial charge in [0.1, 0.15) is 5.69 Å². The first-order chi connectivity index (χ1) is 9.58. The fraction of sp³-hybridized carbons (Fsp3) is 0.267. The van der Waals surface area contributed by atoms with Crippen LogP contribution < -0.4 is 0 Å². The number of hydrogen-bond acceptors (Lipinski definition) is 3. The second-order valence-electron chi connectivity index (χ2n) is 4.71. The molecule has 0 spiro atoms. The Labute approximate surface area is 123 Å². The molecule has 4 nitrogen and oxygen atoms in total. The van der Waals surface area contributed by atoms with Crippen molar-refractivity contribution in [1.82, 2.24) is 14.9 Å². The first-order valence-corrected chi connectivity index (χ1v) is 6.78. The summed E-state index contributed by atoms with van der Waals surface area (Å²) in [4.78, 5) is 22.6. The summed E-state index contributed by atoms with van der Waals surface area (Å²) in [6.07, 6.45) is 3.25. The molecule has 2 rings (SSSR count). The fourth-order valence-corrected chi connectivity index (χ4v) is 1.98. The lowest BCUT2D eigenvalue weighted by molar-refractivity contribution is 0.0681. The van der Waals surface area contributed by atoms with Gasteiger partial charge in [-0.15, -0.1) is 0 Å². The van der Waals surface area contributed by atoms with E-state index >= 15 is 0 Å². The van der Waals surface area contributed by atoms with E-state index in [1.807, 2.05) is 32.0 Å². The Morgan fingerprint density at radius 2 is 2.05 bits per heavy atom. The maximum Gasteiger partial charge on any atom is 0.273 e. The number of rotatable bonds is 4. The maximum atomic E-state index is 12.5. The molecule has 0 unspecified atom stereocenters. The molecule has 2 aromatic rings. The van der Waals surface area contributed by atoms with Crippen LogP contribution in [0, 0.1) is 0 Å². The molecule has 0 aromatic carbocycles. The van der Waals surface area contributed by atoms with Crippen molar-refractivity contribution in [2.75, 3.05) is 0 Å². The molecule has 0 N–H and O–H groups in total. The lowest BCUT2D eigenvalue weighted by Crippen LogP contribution is -2.37. The quantitative estimate of drug-likeness (QED) is 0.868. The van der Waals surface area contributed by atoms with Crippen LogP contribution in [0.25, 0.3) is 0 Å². The summed E-state index contributed by atoms with van der Waals surface area (Å²) in [7, 11) is 0. The van der Waals surface area contributed by atoms with Gasteiger partial charge in [-0.1, -0.05) is 17.7 Å². The van der Waals surface area contributed by atoms with Crippen molar-refractivity contribution in [1.29, 1.82) is 0 Å². The Kier molecular flexibility index (Phi) is 4.69. The minimum absolute atomic E-state index is 0.0466. The van der Waals surface area contributed by atoms with Crippen LogP contribution in [0.15, 0.2) is 42.7 Å². The molecule has 0 saturated carbocycles. The zero-order chi connectivity index (χ0) is 14.5. The molecule has 1 amide bonds. The van der Waals surface area contributed by atoms with E-state index in [1.54, 1.807) is 23.2 Å². The normalized spacial score (nSPS) is 10.6. The van der Waals surface area contributed by atoms with Gasteiger partial charge in [0.25, 0.3) is 5.91 Å². The molecule has 0 radical (unpaired) electrons. The van der Waals surface area contributed by atoms with Crippen molar-refractivity contribution in [3.05, 3.63) is 59.1 Å². The highest BCUT2D eigenvalue weighted by atomic mass is 35.5. The fourth-order valence-electron chi connectivity index (χ4n) is 1.82. The molecule has 5 heteroatoms. The smallest absolute Gasteiger partial charge is 0.273 e. The number of carbonyl (C=O) groups excluding carboxylic acids is 1. The van der Waals surface area contributed by atoms with Crippen LogP contribution in [-0.4, -0.2) is 26.8 Å². The lowest BCUT2D eigenvalue weighted by atomic mass is 10.2. The van der Waals surface area contributed by atoms with E-state index in [-0.39, 0.29) is 11.9 Å². The average Bonchev–Trinajstić information content (AvgIpc) is 2.45. The van der Waals surface area contributed by atoms with Crippen LogP contribution in [0.2, 0.25) is 5.02 Å². The minimum atomic E-state index is -0.145. The van der Waals surface area contributed by atoms with Gasteiger partial charge in [-0.05, 0) is 38.1 Å². The van der Waals surface area contributed by atoms with E-state index < -0.39 is 0 Å². The van der Waals surface area contributed by atoms with Crippen LogP contribution in [-0.2, 0) is 6.54 Å². The molecule has 0 atom stereocenters. The Morgan fingerprint density at radius 3 is 2.65 bits per heavy atom. The standard InChI is InChI=1S/C15H16ClN3O/c1-11(2)19(10-13-5-3-4-7-17-13)15(20)14-9-12(16)6-8-18-14/h3-9,11H,10H2,1-2H3. The predicted molar refractivity (Wildman–Crippen MR) is 78.5 cm³/mol. The summed E-state index contributed by atoms with van der Waals surface area (Å²) in [5.41, 5.74) is 1.19. The summed E-state index contributed by atoms with van der Waals surface area (Å²) >= 11 is 5.91. The molecule has 0 aliphatic rings. The van der Waals surface area contributed by atoms with Gasteiger partial charge in [0.15, 0.2) is 0 Å². The second-order valence-corrected chi connectivity index (χ2v) is 5.14. The van der Waals surface area contributed by atoms with Gasteiger partial charge >= 0.3 is 0 Å². The second kappa shape index (κ2) is 6.48. The van der Waals surface area contributed by atoms with Crippen LogP contribution >= 0.6 is 11.6 Å². The molecule has 0 aliphatic heterocycles. The van der Waals surface area contributed by atoms with Gasteiger partial charge in [0.05, 0.1) is 12.2 Å². The summed E-state index contributed by atoms with van der Waals surface area (Å²) in [5, 5.41) is 0.505. The van der Waals surface area contributed by atoms with Gasteiger partial charge in [0.2, 0.25) is 0 Å². The minimum Gasteiger partial charge on any atom is -0.329 e. The molecule has 20 heavy (non-hydrogen) atoms. The van der Waals surface area contributed by atoms with Crippen LogP contribution in [0.1, 0.15) is 30.0 Å². The zero-order valence-corrected chi connectivity index (χ0v) is 12.2. The highest BCUT2D eigenvalue weighted by Crippen LogP contribution is 2.14. The highest BCUT2D eigenvalue weighted by Gasteiger charge is 2.20. The Morgan fingerprint density at radius 1 is 1.25 bits per heavy atom. The molecular formula is C15H16ClN3O. The van der Waals surface area contributed by atoms with Crippen molar-refractivity contribution in [3.8, 4) is 0 Å². The number of aromatic nitrogens is 2. The lowest BCUT2D eigenvalue weighted by Gasteiger charge is -2.26. The van der Waals surface area contributed by atoms with Gasteiger partial charge < -0.3 is 4.90 Å². The average molecular weight is 290 g/mol. The third-order valence-electron chi connectivity index (χ3n) is 2.88. The van der Waals surface area contributed by atoms with Gasteiger partial charge in [-0.3, -0.25) is 14.8 Å². The predicted octanol–water partition coefficient (Wildman–Crippen LogP) is 3.18. The SMILES string of the molecule is CC(C)N(Cc1ccccn1)C(=O)c1cc(Cl)ccn1. The van der Waals surface area contributed by atoms with Gasteiger partial charge in [0, 0.05) is 23.5 Å². The van der Waals surface area contributed by atoms with Crippen molar-refractivity contribution in [2.24, 2.45) is 0 Å². The third kappa shape index (κ3) is 3.54. The van der Waals surface area contributed by atoms with Gasteiger partial charge in [-0.2, -0.15) is 0 Å². The zero-order valence-electron chi connectivity index (χ0n) is 11.5. The van der Waals surface area contributed by atoms with E-state index in [9.17, 15) is 4.79 Å². The van der Waals surface area contributed by atoms with E-state index in [0.29, 0.717) is 17.3 Å². The van der Waals surface area contributed by atoms with Crippen molar-refractivity contribution in [3.63, 3.8) is 0 Å². The van der Waals surface area contributed by atoms with Crippen molar-refractivity contribution in [2.45, 2.75) is 26.4 Å². The first-order valence-electron chi connectivity index (χ1n) is 6.40. The largest absolute Gasteiger partial charge is 0.329 e. The molecule has 0 fully saturated rings. The third-order valence-corrected chi connectivity index (χ3v) is 3.12. The van der Waals surface area contributed by atoms with Gasteiger partial charge in [-0.25, -0.2) is 0 Å². The molecule has 0 aliphatic carbocycles. The molecule has 2 heterocycles. The Balaban J connectivity index is 2.23. The van der Waals surface area contributed by atoms with E-state index in [4.69, 9.17) is 11.6 Å². The summed E-state index contributed by atoms with van der Waals surface area (Å²) in [6.45, 7) is 4.38. The molecule has 0 bridgehead atoms. The highest BCUT2D eigenvalue weighted by molar-refractivity contribution is 6.30. The summed E-state index contributed by atoms with van der Waals surface area (Å²) < 4.78 is 0. The number of carbonyl (C=O) groups is 1. The molecule has 0 saturated heterocycles. The monoisotopic (exact) mass is 289 g/mol.